The zero-order valence-electron chi connectivity index (χ0n) is 18.5. The van der Waals surface area contributed by atoms with E-state index in [1.165, 1.54) is 33.4 Å². The van der Waals surface area contributed by atoms with Crippen LogP contribution < -0.4 is 6.54 Å². The van der Waals surface area contributed by atoms with E-state index in [2.05, 4.69) is 101 Å². The van der Waals surface area contributed by atoms with E-state index in [1.54, 1.807) is 17.7 Å². The molecular formula is C28H28Cl2SiZr. The van der Waals surface area contributed by atoms with E-state index in [4.69, 9.17) is 0 Å². The SMILES string of the molecule is Cl.Cl.[CH3][Zr]([CH3])(=[SiH2])([c]1cccc2c1Cc1ccccc1-2)[c]1cccc2c1Cc1ccccc1-2. The summed E-state index contributed by atoms with van der Waals surface area (Å²) in [4.78, 5) is 0. The van der Waals surface area contributed by atoms with Gasteiger partial charge in [0.2, 0.25) is 0 Å². The summed E-state index contributed by atoms with van der Waals surface area (Å²) in [7, 11) is 0. The summed E-state index contributed by atoms with van der Waals surface area (Å²) < 4.78 is 8.65. The second kappa shape index (κ2) is 8.10. The molecule has 2 aliphatic carbocycles. The zero-order chi connectivity index (χ0) is 20.5. The van der Waals surface area contributed by atoms with Gasteiger partial charge < -0.3 is 0 Å². The monoisotopic (exact) mass is 552 g/mol. The van der Waals surface area contributed by atoms with Crippen molar-refractivity contribution in [1.29, 1.82) is 0 Å². The van der Waals surface area contributed by atoms with Crippen molar-refractivity contribution in [1.82, 2.24) is 0 Å². The molecule has 4 aromatic rings. The minimum absolute atomic E-state index is 0. The molecule has 4 aromatic carbocycles. The summed E-state index contributed by atoms with van der Waals surface area (Å²) in [5.41, 5.74) is 12.0. The van der Waals surface area contributed by atoms with Gasteiger partial charge in [-0.1, -0.05) is 0 Å². The van der Waals surface area contributed by atoms with Crippen LogP contribution in [0.3, 0.4) is 0 Å². The van der Waals surface area contributed by atoms with Crippen molar-refractivity contribution < 1.29 is 17.4 Å². The van der Waals surface area contributed by atoms with Crippen molar-refractivity contribution in [3.05, 3.63) is 107 Å². The van der Waals surface area contributed by atoms with E-state index in [0.29, 0.717) is 0 Å². The van der Waals surface area contributed by atoms with Crippen LogP contribution in [0.1, 0.15) is 22.3 Å². The number of rotatable bonds is 2. The number of fused-ring (bicyclic) bond motifs is 6. The first-order valence-corrected chi connectivity index (χ1v) is 24.2. The van der Waals surface area contributed by atoms with Crippen molar-refractivity contribution in [2.24, 2.45) is 0 Å². The molecule has 0 nitrogen and oxygen atoms in total. The average molecular weight is 555 g/mol. The summed E-state index contributed by atoms with van der Waals surface area (Å²) in [6.45, 7) is 2.36. The predicted octanol–water partition coefficient (Wildman–Crippen LogP) is 5.96. The Hall–Kier alpha value is -1.44. The van der Waals surface area contributed by atoms with Gasteiger partial charge >= 0.3 is 182 Å². The maximum absolute atomic E-state index is 3.43. The van der Waals surface area contributed by atoms with Crippen molar-refractivity contribution in [2.75, 3.05) is 0 Å². The van der Waals surface area contributed by atoms with Gasteiger partial charge in [0.15, 0.2) is 0 Å². The molecule has 162 valence electrons. The Bertz CT molecular complexity index is 1330. The normalized spacial score (nSPS) is 13.2. The topological polar surface area (TPSA) is 0 Å². The molecule has 0 saturated heterocycles. The number of halogens is 2. The fraction of sp³-hybridized carbons (Fsp3) is 0.143. The Balaban J connectivity index is 0.00000122. The summed E-state index contributed by atoms with van der Waals surface area (Å²) in [6, 6.07) is 32.2. The van der Waals surface area contributed by atoms with Gasteiger partial charge in [0.25, 0.3) is 0 Å². The molecule has 0 saturated carbocycles. The number of hydrogen-bond donors (Lipinski definition) is 0. The van der Waals surface area contributed by atoms with Crippen LogP contribution in [0.4, 0.5) is 0 Å². The number of benzene rings is 4. The third kappa shape index (κ3) is 3.34. The first-order chi connectivity index (χ1) is 14.4. The Morgan fingerprint density at radius 1 is 0.531 bits per heavy atom. The molecule has 0 amide bonds. The molecule has 4 heteroatoms. The molecule has 0 spiro atoms. The van der Waals surface area contributed by atoms with Crippen molar-refractivity contribution in [3.63, 3.8) is 0 Å². The van der Waals surface area contributed by atoms with Gasteiger partial charge in [-0.3, -0.25) is 0 Å². The van der Waals surface area contributed by atoms with Crippen LogP contribution in [0, 0.1) is 0 Å². The Morgan fingerprint density at radius 2 is 0.906 bits per heavy atom. The van der Waals surface area contributed by atoms with Gasteiger partial charge in [-0.25, -0.2) is 0 Å². The van der Waals surface area contributed by atoms with Gasteiger partial charge in [-0.15, -0.1) is 24.8 Å². The molecule has 0 atom stereocenters. The predicted molar refractivity (Wildman–Crippen MR) is 143 cm³/mol. The molecule has 32 heavy (non-hydrogen) atoms. The zero-order valence-corrected chi connectivity index (χ0v) is 24.0. The summed E-state index contributed by atoms with van der Waals surface area (Å²) in [5, 5.41) is 0. The van der Waals surface area contributed by atoms with Crippen LogP contribution >= 0.6 is 24.8 Å². The fourth-order valence-corrected chi connectivity index (χ4v) is 19.5. The second-order valence-corrected chi connectivity index (χ2v) is 38.4. The maximum atomic E-state index is 2.65. The van der Waals surface area contributed by atoms with Crippen LogP contribution in [-0.4, -0.2) is 6.88 Å². The third-order valence-corrected chi connectivity index (χ3v) is 22.7. The molecule has 0 aromatic heterocycles. The average Bonchev–Trinajstić information content (AvgIpc) is 3.31. The summed E-state index contributed by atoms with van der Waals surface area (Å²) >= 11 is -3.43. The third-order valence-electron chi connectivity index (χ3n) is 7.43. The second-order valence-electron chi connectivity index (χ2n) is 10.0. The van der Waals surface area contributed by atoms with E-state index in [9.17, 15) is 0 Å². The van der Waals surface area contributed by atoms with Gasteiger partial charge in [-0.2, -0.15) is 0 Å². The van der Waals surface area contributed by atoms with E-state index >= 15 is 0 Å². The first kappa shape index (κ1) is 23.7. The molecule has 0 fully saturated rings. The summed E-state index contributed by atoms with van der Waals surface area (Å²) in [5.74, 6) is 0. The van der Waals surface area contributed by atoms with E-state index < -0.39 is 17.4 Å². The molecular weight excluding hydrogens is 527 g/mol. The van der Waals surface area contributed by atoms with Gasteiger partial charge in [0, 0.05) is 0 Å². The van der Waals surface area contributed by atoms with Gasteiger partial charge in [-0.05, 0) is 0 Å². The number of hydrogen-bond acceptors (Lipinski definition) is 0. The van der Waals surface area contributed by atoms with Crippen molar-refractivity contribution in [3.8, 4) is 22.3 Å². The molecule has 0 N–H and O–H groups in total. The standard InChI is InChI=1S/2C13H9.2CH3.2ClH.H2Si.Zr/c2*1-3-7-12-10(5-1)9-11-6-2-4-8-13(11)12;;;;;;/h2*1-5,7-8H,9H2;2*1H3;2*1H;1H2;. The van der Waals surface area contributed by atoms with Crippen molar-refractivity contribution >= 4 is 38.2 Å². The minimum atomic E-state index is -3.43. The van der Waals surface area contributed by atoms with Gasteiger partial charge in [0.05, 0.1) is 0 Å². The molecule has 0 unspecified atom stereocenters. The van der Waals surface area contributed by atoms with Crippen LogP contribution in [0.5, 0.6) is 0 Å². The van der Waals surface area contributed by atoms with Crippen LogP contribution in [-0.2, 0) is 30.2 Å². The molecule has 0 radical (unpaired) electrons. The first-order valence-electron chi connectivity index (χ1n) is 10.9. The Labute approximate surface area is 205 Å². The van der Waals surface area contributed by atoms with E-state index in [0.717, 1.165) is 12.8 Å². The van der Waals surface area contributed by atoms with Crippen molar-refractivity contribution in [2.45, 2.75) is 22.1 Å². The van der Waals surface area contributed by atoms with Crippen LogP contribution in [0.2, 0.25) is 9.26 Å². The fourth-order valence-electron chi connectivity index (χ4n) is 5.96. The molecule has 2 aliphatic rings. The van der Waals surface area contributed by atoms with Crippen LogP contribution in [0.15, 0.2) is 84.9 Å². The van der Waals surface area contributed by atoms with Gasteiger partial charge in [0.1, 0.15) is 0 Å². The molecule has 0 heterocycles. The summed E-state index contributed by atoms with van der Waals surface area (Å²) in [6.07, 6.45) is 2.17. The Morgan fingerprint density at radius 3 is 1.34 bits per heavy atom. The molecule has 0 bridgehead atoms. The molecule has 0 aliphatic heterocycles. The van der Waals surface area contributed by atoms with E-state index in [-0.39, 0.29) is 24.8 Å². The van der Waals surface area contributed by atoms with Crippen LogP contribution in [0.25, 0.3) is 22.3 Å². The molecule has 6 rings (SSSR count). The Kier molecular flexibility index (Phi) is 6.00. The van der Waals surface area contributed by atoms with E-state index in [1.807, 2.05) is 0 Å². The quantitative estimate of drug-likeness (QED) is 0.232.